The van der Waals surface area contributed by atoms with E-state index in [4.69, 9.17) is 0 Å². The van der Waals surface area contributed by atoms with E-state index in [1.807, 2.05) is 38.3 Å². The van der Waals surface area contributed by atoms with Gasteiger partial charge in [-0.25, -0.2) is 4.98 Å². The van der Waals surface area contributed by atoms with E-state index in [0.717, 1.165) is 11.3 Å². The zero-order chi connectivity index (χ0) is 16.9. The van der Waals surface area contributed by atoms with E-state index in [1.54, 1.807) is 16.7 Å². The third-order valence-corrected chi connectivity index (χ3v) is 5.10. The van der Waals surface area contributed by atoms with E-state index in [1.165, 1.54) is 11.3 Å². The highest BCUT2D eigenvalue weighted by atomic mass is 32.1. The van der Waals surface area contributed by atoms with Gasteiger partial charge in [-0.2, -0.15) is 0 Å². The molecule has 0 atom stereocenters. The SMILES string of the molecule is CCC(C)(C)NC(=O)Cc1csc(NC(=O)Cc2cccs2)n1. The van der Waals surface area contributed by atoms with Gasteiger partial charge in [-0.05, 0) is 31.7 Å². The molecule has 0 saturated carbocycles. The summed E-state index contributed by atoms with van der Waals surface area (Å²) in [6.07, 6.45) is 1.43. The lowest BCUT2D eigenvalue weighted by atomic mass is 10.0. The normalized spacial score (nSPS) is 11.3. The van der Waals surface area contributed by atoms with Crippen molar-refractivity contribution >= 4 is 39.6 Å². The number of nitrogens with one attached hydrogen (secondary N) is 2. The van der Waals surface area contributed by atoms with Gasteiger partial charge >= 0.3 is 0 Å². The largest absolute Gasteiger partial charge is 0.351 e. The second-order valence-corrected chi connectivity index (χ2v) is 7.80. The minimum absolute atomic E-state index is 0.0568. The molecule has 0 aliphatic rings. The van der Waals surface area contributed by atoms with Crippen LogP contribution in [0.4, 0.5) is 5.13 Å². The maximum Gasteiger partial charge on any atom is 0.231 e. The van der Waals surface area contributed by atoms with Gasteiger partial charge in [-0.3, -0.25) is 9.59 Å². The topological polar surface area (TPSA) is 71.1 Å². The molecule has 23 heavy (non-hydrogen) atoms. The van der Waals surface area contributed by atoms with E-state index in [-0.39, 0.29) is 23.8 Å². The van der Waals surface area contributed by atoms with Crippen LogP contribution in [-0.2, 0) is 22.4 Å². The molecule has 0 unspecified atom stereocenters. The molecule has 0 aliphatic carbocycles. The molecule has 2 rings (SSSR count). The van der Waals surface area contributed by atoms with Crippen LogP contribution in [0, 0.1) is 0 Å². The lowest BCUT2D eigenvalue weighted by molar-refractivity contribution is -0.122. The van der Waals surface area contributed by atoms with Crippen molar-refractivity contribution in [2.24, 2.45) is 0 Å². The highest BCUT2D eigenvalue weighted by Crippen LogP contribution is 2.17. The van der Waals surface area contributed by atoms with Crippen molar-refractivity contribution in [2.75, 3.05) is 5.32 Å². The lowest BCUT2D eigenvalue weighted by Crippen LogP contribution is -2.43. The zero-order valence-electron chi connectivity index (χ0n) is 13.5. The van der Waals surface area contributed by atoms with Crippen LogP contribution in [0.1, 0.15) is 37.8 Å². The first-order chi connectivity index (χ1) is 10.9. The van der Waals surface area contributed by atoms with Crippen molar-refractivity contribution in [2.45, 2.75) is 45.6 Å². The summed E-state index contributed by atoms with van der Waals surface area (Å²) >= 11 is 2.89. The van der Waals surface area contributed by atoms with Gasteiger partial charge in [-0.15, -0.1) is 22.7 Å². The summed E-state index contributed by atoms with van der Waals surface area (Å²) in [5.41, 5.74) is 0.455. The maximum atomic E-state index is 12.0. The fraction of sp³-hybridized carbons (Fsp3) is 0.438. The number of nitrogens with zero attached hydrogens (tertiary/aromatic N) is 1. The van der Waals surface area contributed by atoms with Crippen LogP contribution in [0.2, 0.25) is 0 Å². The van der Waals surface area contributed by atoms with Crippen LogP contribution in [-0.4, -0.2) is 22.3 Å². The minimum Gasteiger partial charge on any atom is -0.351 e. The predicted octanol–water partition coefficient (Wildman–Crippen LogP) is 3.23. The van der Waals surface area contributed by atoms with Crippen molar-refractivity contribution in [3.05, 3.63) is 33.5 Å². The Kier molecular flexibility index (Phi) is 5.90. The van der Waals surface area contributed by atoms with Gasteiger partial charge in [0.05, 0.1) is 18.5 Å². The Balaban J connectivity index is 1.85. The second-order valence-electron chi connectivity index (χ2n) is 5.91. The van der Waals surface area contributed by atoms with Gasteiger partial charge < -0.3 is 10.6 Å². The molecule has 0 radical (unpaired) electrons. The van der Waals surface area contributed by atoms with Crippen molar-refractivity contribution in [3.63, 3.8) is 0 Å². The third-order valence-electron chi connectivity index (χ3n) is 3.42. The Morgan fingerprint density at radius 2 is 2.00 bits per heavy atom. The van der Waals surface area contributed by atoms with E-state index in [9.17, 15) is 9.59 Å². The fourth-order valence-corrected chi connectivity index (χ4v) is 3.28. The van der Waals surface area contributed by atoms with Gasteiger partial charge in [-0.1, -0.05) is 13.0 Å². The molecule has 2 N–H and O–H groups in total. The lowest BCUT2D eigenvalue weighted by Gasteiger charge is -2.24. The Morgan fingerprint density at radius 1 is 1.22 bits per heavy atom. The number of thiazole rings is 1. The number of anilines is 1. The molecule has 2 aromatic rings. The van der Waals surface area contributed by atoms with Gasteiger partial charge in [0, 0.05) is 15.8 Å². The van der Waals surface area contributed by atoms with Gasteiger partial charge in [0.2, 0.25) is 11.8 Å². The van der Waals surface area contributed by atoms with E-state index in [0.29, 0.717) is 17.2 Å². The number of carbonyl (C=O) groups is 2. The quantitative estimate of drug-likeness (QED) is 0.804. The summed E-state index contributed by atoms with van der Waals surface area (Å²) in [6.45, 7) is 6.01. The Labute approximate surface area is 144 Å². The van der Waals surface area contributed by atoms with Crippen LogP contribution in [0.25, 0.3) is 0 Å². The Bertz CT molecular complexity index is 663. The molecule has 0 aliphatic heterocycles. The highest BCUT2D eigenvalue weighted by Gasteiger charge is 2.18. The first kappa shape index (κ1) is 17.6. The highest BCUT2D eigenvalue weighted by molar-refractivity contribution is 7.14. The van der Waals surface area contributed by atoms with E-state index < -0.39 is 0 Å². The van der Waals surface area contributed by atoms with Crippen LogP contribution >= 0.6 is 22.7 Å². The Hall–Kier alpha value is -1.73. The molecule has 7 heteroatoms. The summed E-state index contributed by atoms with van der Waals surface area (Å²) in [5.74, 6) is -0.150. The third kappa shape index (κ3) is 5.76. The van der Waals surface area contributed by atoms with Crippen LogP contribution in [0.5, 0.6) is 0 Å². The monoisotopic (exact) mass is 351 g/mol. The molecular weight excluding hydrogens is 330 g/mol. The fourth-order valence-electron chi connectivity index (χ4n) is 1.85. The summed E-state index contributed by atoms with van der Waals surface area (Å²) in [4.78, 5) is 29.2. The molecule has 0 spiro atoms. The van der Waals surface area contributed by atoms with Gasteiger partial charge in [0.1, 0.15) is 0 Å². The number of amides is 2. The number of hydrogen-bond acceptors (Lipinski definition) is 5. The first-order valence-electron chi connectivity index (χ1n) is 7.45. The number of aromatic nitrogens is 1. The molecule has 2 heterocycles. The van der Waals surface area contributed by atoms with Crippen molar-refractivity contribution in [1.82, 2.24) is 10.3 Å². The standard InChI is InChI=1S/C16H21N3O2S2/c1-4-16(2,3)19-14(21)8-11-10-23-15(17-11)18-13(20)9-12-6-5-7-22-12/h5-7,10H,4,8-9H2,1-3H3,(H,19,21)(H,17,18,20). The smallest absolute Gasteiger partial charge is 0.231 e. The first-order valence-corrected chi connectivity index (χ1v) is 9.21. The van der Waals surface area contributed by atoms with E-state index >= 15 is 0 Å². The number of rotatable bonds is 7. The second kappa shape index (κ2) is 7.70. The molecular formula is C16H21N3O2S2. The predicted molar refractivity (Wildman–Crippen MR) is 95.0 cm³/mol. The number of hydrogen-bond donors (Lipinski definition) is 2. The number of carbonyl (C=O) groups excluding carboxylic acids is 2. The molecule has 2 amide bonds. The van der Waals surface area contributed by atoms with Gasteiger partial charge in [0.25, 0.3) is 0 Å². The average molecular weight is 351 g/mol. The summed E-state index contributed by atoms with van der Waals surface area (Å²) in [5, 5.41) is 10.0. The number of thiophene rings is 1. The summed E-state index contributed by atoms with van der Waals surface area (Å²) in [7, 11) is 0. The molecule has 0 saturated heterocycles. The zero-order valence-corrected chi connectivity index (χ0v) is 15.1. The van der Waals surface area contributed by atoms with Crippen LogP contribution in [0.15, 0.2) is 22.9 Å². The van der Waals surface area contributed by atoms with Crippen LogP contribution in [0.3, 0.4) is 0 Å². The Morgan fingerprint density at radius 3 is 2.65 bits per heavy atom. The average Bonchev–Trinajstić information content (AvgIpc) is 3.10. The van der Waals surface area contributed by atoms with Crippen LogP contribution < -0.4 is 10.6 Å². The van der Waals surface area contributed by atoms with E-state index in [2.05, 4.69) is 15.6 Å². The molecule has 2 aromatic heterocycles. The molecule has 0 aromatic carbocycles. The summed E-state index contributed by atoms with van der Waals surface area (Å²) in [6, 6.07) is 3.85. The molecule has 5 nitrogen and oxygen atoms in total. The summed E-state index contributed by atoms with van der Waals surface area (Å²) < 4.78 is 0. The van der Waals surface area contributed by atoms with Crippen molar-refractivity contribution < 1.29 is 9.59 Å². The minimum atomic E-state index is -0.217. The van der Waals surface area contributed by atoms with Crippen molar-refractivity contribution in [1.29, 1.82) is 0 Å². The molecule has 0 bridgehead atoms. The van der Waals surface area contributed by atoms with Crippen molar-refractivity contribution in [3.8, 4) is 0 Å². The van der Waals surface area contributed by atoms with Gasteiger partial charge in [0.15, 0.2) is 5.13 Å². The maximum absolute atomic E-state index is 12.0. The molecule has 0 fully saturated rings. The molecule has 124 valence electrons.